The molecule has 2 heterocycles. The zero-order chi connectivity index (χ0) is 11.7. The summed E-state index contributed by atoms with van der Waals surface area (Å²) in [5.74, 6) is 1.46. The van der Waals surface area contributed by atoms with Gasteiger partial charge in [0.1, 0.15) is 5.82 Å². The molecule has 5 heteroatoms. The van der Waals surface area contributed by atoms with Gasteiger partial charge in [0, 0.05) is 17.0 Å². The summed E-state index contributed by atoms with van der Waals surface area (Å²) >= 11 is 0. The van der Waals surface area contributed by atoms with Crippen LogP contribution in [-0.4, -0.2) is 19.9 Å². The van der Waals surface area contributed by atoms with Crippen molar-refractivity contribution in [2.75, 3.05) is 5.73 Å². The first-order valence-electron chi connectivity index (χ1n) is 4.98. The Morgan fingerprint density at radius 2 is 1.50 bits per heavy atom. The smallest absolute Gasteiger partial charge is 0.223 e. The van der Waals surface area contributed by atoms with Gasteiger partial charge < -0.3 is 5.73 Å². The monoisotopic (exact) mass is 215 g/mol. The summed E-state index contributed by atoms with van der Waals surface area (Å²) < 4.78 is 0. The zero-order valence-electron chi connectivity index (χ0n) is 9.52. The third-order valence-electron chi connectivity index (χ3n) is 2.10. The van der Waals surface area contributed by atoms with E-state index in [1.54, 1.807) is 6.92 Å². The number of aryl methyl sites for hydroxylation is 3. The minimum Gasteiger partial charge on any atom is -0.368 e. The van der Waals surface area contributed by atoms with Crippen LogP contribution in [0.5, 0.6) is 0 Å². The zero-order valence-corrected chi connectivity index (χ0v) is 9.52. The van der Waals surface area contributed by atoms with Crippen molar-refractivity contribution in [2.45, 2.75) is 20.8 Å². The van der Waals surface area contributed by atoms with E-state index in [-0.39, 0.29) is 5.95 Å². The lowest BCUT2D eigenvalue weighted by atomic mass is 10.2. The number of nitrogen functional groups attached to an aromatic ring is 1. The molecule has 0 aromatic carbocycles. The second-order valence-corrected chi connectivity index (χ2v) is 3.70. The third kappa shape index (κ3) is 2.13. The predicted octanol–water partition coefficient (Wildman–Crippen LogP) is 1.44. The van der Waals surface area contributed by atoms with Crippen LogP contribution in [0.3, 0.4) is 0 Å². The Morgan fingerprint density at radius 3 is 2.06 bits per heavy atom. The van der Waals surface area contributed by atoms with E-state index in [0.717, 1.165) is 17.0 Å². The average molecular weight is 215 g/mol. The maximum Gasteiger partial charge on any atom is 0.223 e. The van der Waals surface area contributed by atoms with Crippen molar-refractivity contribution in [1.29, 1.82) is 0 Å². The van der Waals surface area contributed by atoms with Crippen LogP contribution in [0.25, 0.3) is 11.4 Å². The van der Waals surface area contributed by atoms with E-state index < -0.39 is 0 Å². The highest BCUT2D eigenvalue weighted by atomic mass is 15.1. The molecule has 0 aliphatic heterocycles. The fourth-order valence-corrected chi connectivity index (χ4v) is 1.60. The molecule has 0 amide bonds. The van der Waals surface area contributed by atoms with Crippen LogP contribution in [0.4, 0.5) is 5.95 Å². The molecule has 2 aromatic rings. The van der Waals surface area contributed by atoms with Gasteiger partial charge in [0.15, 0.2) is 5.82 Å². The van der Waals surface area contributed by atoms with Crippen LogP contribution in [0, 0.1) is 20.8 Å². The van der Waals surface area contributed by atoms with Crippen molar-refractivity contribution in [2.24, 2.45) is 0 Å². The van der Waals surface area contributed by atoms with Gasteiger partial charge in [0.2, 0.25) is 5.95 Å². The minimum absolute atomic E-state index is 0.245. The largest absolute Gasteiger partial charge is 0.368 e. The van der Waals surface area contributed by atoms with Crippen LogP contribution in [0.1, 0.15) is 17.2 Å². The van der Waals surface area contributed by atoms with E-state index in [0.29, 0.717) is 11.6 Å². The molecular weight excluding hydrogens is 202 g/mol. The number of pyridine rings is 1. The van der Waals surface area contributed by atoms with Crippen molar-refractivity contribution in [3.8, 4) is 11.4 Å². The topological polar surface area (TPSA) is 77.6 Å². The third-order valence-corrected chi connectivity index (χ3v) is 2.10. The molecule has 2 N–H and O–H groups in total. The van der Waals surface area contributed by atoms with Crippen molar-refractivity contribution in [1.82, 2.24) is 19.9 Å². The second-order valence-electron chi connectivity index (χ2n) is 3.70. The highest BCUT2D eigenvalue weighted by Crippen LogP contribution is 2.17. The highest BCUT2D eigenvalue weighted by molar-refractivity contribution is 5.56. The first-order valence-corrected chi connectivity index (χ1v) is 4.98. The number of nitrogens with zero attached hydrogens (tertiary/aromatic N) is 4. The van der Waals surface area contributed by atoms with Gasteiger partial charge in [0.05, 0.1) is 0 Å². The van der Waals surface area contributed by atoms with E-state index in [9.17, 15) is 0 Å². The van der Waals surface area contributed by atoms with Crippen molar-refractivity contribution >= 4 is 5.95 Å². The molecule has 0 saturated carbocycles. The normalized spacial score (nSPS) is 10.4. The van der Waals surface area contributed by atoms with E-state index >= 15 is 0 Å². The summed E-state index contributed by atoms with van der Waals surface area (Å²) in [5.41, 5.74) is 8.39. The van der Waals surface area contributed by atoms with Crippen LogP contribution in [0.2, 0.25) is 0 Å². The molecule has 5 nitrogen and oxygen atoms in total. The number of nitrogens with two attached hydrogens (primary N) is 1. The summed E-state index contributed by atoms with van der Waals surface area (Å²) in [6.07, 6.45) is 0. The SMILES string of the molecule is Cc1cc(-c2nc(C)nc(N)n2)cc(C)n1. The summed E-state index contributed by atoms with van der Waals surface area (Å²) in [7, 11) is 0. The predicted molar refractivity (Wildman–Crippen MR) is 61.7 cm³/mol. The quantitative estimate of drug-likeness (QED) is 0.778. The Balaban J connectivity index is 2.57. The van der Waals surface area contributed by atoms with Gasteiger partial charge in [-0.1, -0.05) is 0 Å². The molecular formula is C11H13N5. The fraction of sp³-hybridized carbons (Fsp3) is 0.273. The fourth-order valence-electron chi connectivity index (χ4n) is 1.60. The number of hydrogen-bond acceptors (Lipinski definition) is 5. The molecule has 0 spiro atoms. The lowest BCUT2D eigenvalue weighted by molar-refractivity contribution is 0.992. The molecule has 2 aromatic heterocycles. The maximum atomic E-state index is 5.60. The lowest BCUT2D eigenvalue weighted by Gasteiger charge is -2.04. The first-order chi connectivity index (χ1) is 7.54. The highest BCUT2D eigenvalue weighted by Gasteiger charge is 2.06. The Kier molecular flexibility index (Phi) is 2.52. The van der Waals surface area contributed by atoms with Gasteiger partial charge in [0.25, 0.3) is 0 Å². The molecule has 0 saturated heterocycles. The van der Waals surface area contributed by atoms with Crippen LogP contribution >= 0.6 is 0 Å². The van der Waals surface area contributed by atoms with E-state index in [1.165, 1.54) is 0 Å². The van der Waals surface area contributed by atoms with Crippen molar-refractivity contribution in [3.63, 3.8) is 0 Å². The molecule has 82 valence electrons. The van der Waals surface area contributed by atoms with Gasteiger partial charge in [-0.25, -0.2) is 4.98 Å². The van der Waals surface area contributed by atoms with Gasteiger partial charge in [-0.3, -0.25) is 4.98 Å². The molecule has 0 atom stereocenters. The molecule has 0 aliphatic carbocycles. The second kappa shape index (κ2) is 3.84. The summed E-state index contributed by atoms with van der Waals surface area (Å²) in [4.78, 5) is 16.6. The van der Waals surface area contributed by atoms with E-state index in [1.807, 2.05) is 26.0 Å². The number of rotatable bonds is 1. The Labute approximate surface area is 93.8 Å². The van der Waals surface area contributed by atoms with E-state index in [4.69, 9.17) is 5.73 Å². The summed E-state index contributed by atoms with van der Waals surface area (Å²) in [5, 5.41) is 0. The number of anilines is 1. The maximum absolute atomic E-state index is 5.60. The molecule has 0 fully saturated rings. The number of aromatic nitrogens is 4. The van der Waals surface area contributed by atoms with Gasteiger partial charge in [-0.2, -0.15) is 9.97 Å². The Bertz CT molecular complexity index is 446. The van der Waals surface area contributed by atoms with Crippen LogP contribution in [0.15, 0.2) is 12.1 Å². The van der Waals surface area contributed by atoms with E-state index in [2.05, 4.69) is 19.9 Å². The molecule has 0 unspecified atom stereocenters. The summed E-state index contributed by atoms with van der Waals surface area (Å²) in [6, 6.07) is 3.86. The van der Waals surface area contributed by atoms with Crippen molar-refractivity contribution in [3.05, 3.63) is 29.3 Å². The average Bonchev–Trinajstić information content (AvgIpc) is 2.14. The van der Waals surface area contributed by atoms with Gasteiger partial charge >= 0.3 is 0 Å². The molecule has 0 bridgehead atoms. The van der Waals surface area contributed by atoms with Crippen LogP contribution < -0.4 is 5.73 Å². The van der Waals surface area contributed by atoms with Gasteiger partial charge in [-0.15, -0.1) is 0 Å². The lowest BCUT2D eigenvalue weighted by Crippen LogP contribution is -2.02. The van der Waals surface area contributed by atoms with Crippen LogP contribution in [-0.2, 0) is 0 Å². The standard InChI is InChI=1S/C11H13N5/c1-6-4-9(5-7(2)13-6)10-14-8(3)15-11(12)16-10/h4-5H,1-3H3,(H2,12,14,15,16). The number of hydrogen-bond donors (Lipinski definition) is 1. The molecule has 0 radical (unpaired) electrons. The Morgan fingerprint density at radius 1 is 0.875 bits per heavy atom. The molecule has 2 rings (SSSR count). The minimum atomic E-state index is 0.245. The first kappa shape index (κ1) is 10.5. The Hall–Kier alpha value is -2.04. The van der Waals surface area contributed by atoms with Gasteiger partial charge in [-0.05, 0) is 32.9 Å². The molecule has 16 heavy (non-hydrogen) atoms. The molecule has 0 aliphatic rings. The summed E-state index contributed by atoms with van der Waals surface area (Å²) in [6.45, 7) is 5.67. The van der Waals surface area contributed by atoms with Crippen molar-refractivity contribution < 1.29 is 0 Å².